The number of nitrogens with zero attached hydrogens (tertiary/aromatic N) is 5. The van der Waals surface area contributed by atoms with E-state index in [1.807, 2.05) is 24.3 Å². The van der Waals surface area contributed by atoms with Gasteiger partial charge in [0.25, 0.3) is 5.22 Å². The first kappa shape index (κ1) is 19.6. The first-order valence-electron chi connectivity index (χ1n) is 8.73. The van der Waals surface area contributed by atoms with Crippen LogP contribution in [0.1, 0.15) is 5.82 Å². The Labute approximate surface area is 174 Å². The van der Waals surface area contributed by atoms with Gasteiger partial charge in [-0.3, -0.25) is 0 Å². The molecule has 0 fully saturated rings. The van der Waals surface area contributed by atoms with E-state index in [2.05, 4.69) is 30.5 Å². The molecule has 2 aromatic heterocycles. The van der Waals surface area contributed by atoms with Crippen molar-refractivity contribution in [1.29, 1.82) is 0 Å². The second kappa shape index (κ2) is 8.74. The molecule has 0 aliphatic heterocycles. The fourth-order valence-corrected chi connectivity index (χ4v) is 3.15. The van der Waals surface area contributed by atoms with Gasteiger partial charge in [-0.2, -0.15) is 15.0 Å². The number of para-hydroxylation sites is 2. The van der Waals surface area contributed by atoms with Crippen molar-refractivity contribution >= 4 is 29.3 Å². The maximum atomic E-state index is 13.0. The van der Waals surface area contributed by atoms with Crippen molar-refractivity contribution < 1.29 is 13.5 Å². The number of thioether (sulfide) groups is 1. The van der Waals surface area contributed by atoms with Crippen molar-refractivity contribution in [2.45, 2.75) is 11.0 Å². The molecule has 0 spiro atoms. The van der Waals surface area contributed by atoms with Crippen molar-refractivity contribution in [2.24, 2.45) is 0 Å². The largest absolute Gasteiger partial charge is 0.495 e. The number of hydrogen-bond acceptors (Lipinski definition) is 10. The molecule has 0 radical (unpaired) electrons. The second-order valence-corrected chi connectivity index (χ2v) is 6.85. The van der Waals surface area contributed by atoms with E-state index in [1.54, 1.807) is 19.2 Å². The van der Waals surface area contributed by atoms with Crippen LogP contribution in [0.3, 0.4) is 0 Å². The average Bonchev–Trinajstić information content (AvgIpc) is 3.22. The summed E-state index contributed by atoms with van der Waals surface area (Å²) in [5.41, 5.74) is 7.15. The number of benzene rings is 2. The minimum absolute atomic E-state index is 0.0792. The van der Waals surface area contributed by atoms with E-state index in [9.17, 15) is 4.39 Å². The number of nitrogens with one attached hydrogen (secondary N) is 1. The van der Waals surface area contributed by atoms with Crippen LogP contribution in [0.5, 0.6) is 5.75 Å². The smallest absolute Gasteiger partial charge is 0.277 e. The van der Waals surface area contributed by atoms with Gasteiger partial charge in [0, 0.05) is 5.56 Å². The predicted octanol–water partition coefficient (Wildman–Crippen LogP) is 3.69. The average molecular weight is 425 g/mol. The predicted molar refractivity (Wildman–Crippen MR) is 110 cm³/mol. The quantitative estimate of drug-likeness (QED) is 0.423. The number of nitrogens with two attached hydrogens (primary N) is 1. The molecule has 2 heterocycles. The summed E-state index contributed by atoms with van der Waals surface area (Å²) in [5, 5.41) is 11.4. The fraction of sp³-hybridized carbons (Fsp3) is 0.105. The van der Waals surface area contributed by atoms with E-state index in [4.69, 9.17) is 14.9 Å². The number of nitrogen functional groups attached to an aromatic ring is 1. The molecule has 3 N–H and O–H groups in total. The number of ether oxygens (including phenoxy) is 1. The van der Waals surface area contributed by atoms with Gasteiger partial charge in [0.05, 0.1) is 18.6 Å². The standard InChI is InChI=1S/C19H16FN7O2S/c1-28-14-5-3-2-4-13(14)22-18-24-15(23-17(21)25-18)10-30-19-27-26-16(29-19)11-6-8-12(20)9-7-11/h2-9H,10H2,1H3,(H3,21,22,23,24,25). The summed E-state index contributed by atoms with van der Waals surface area (Å²) in [6.45, 7) is 0. The van der Waals surface area contributed by atoms with Crippen LogP contribution >= 0.6 is 11.8 Å². The Balaban J connectivity index is 1.46. The van der Waals surface area contributed by atoms with Crippen LogP contribution in [-0.2, 0) is 5.75 Å². The van der Waals surface area contributed by atoms with Crippen LogP contribution in [0.4, 0.5) is 22.0 Å². The second-order valence-electron chi connectivity index (χ2n) is 5.93. The van der Waals surface area contributed by atoms with Gasteiger partial charge in [0.15, 0.2) is 0 Å². The highest BCUT2D eigenvalue weighted by Gasteiger charge is 2.12. The normalized spacial score (nSPS) is 10.7. The monoisotopic (exact) mass is 425 g/mol. The third kappa shape index (κ3) is 4.63. The summed E-state index contributed by atoms with van der Waals surface area (Å²) in [5.74, 6) is 1.75. The zero-order valence-corrected chi connectivity index (χ0v) is 16.6. The number of aromatic nitrogens is 5. The van der Waals surface area contributed by atoms with E-state index < -0.39 is 0 Å². The van der Waals surface area contributed by atoms with Crippen molar-refractivity contribution in [3.63, 3.8) is 0 Å². The molecule has 0 atom stereocenters. The first-order chi connectivity index (χ1) is 14.6. The van der Waals surface area contributed by atoms with Crippen LogP contribution in [0.2, 0.25) is 0 Å². The third-order valence-corrected chi connectivity index (χ3v) is 4.69. The lowest BCUT2D eigenvalue weighted by molar-refractivity contribution is 0.417. The van der Waals surface area contributed by atoms with Gasteiger partial charge in [-0.15, -0.1) is 10.2 Å². The van der Waals surface area contributed by atoms with Gasteiger partial charge in [-0.05, 0) is 36.4 Å². The van der Waals surface area contributed by atoms with Crippen LogP contribution in [0.15, 0.2) is 58.2 Å². The Morgan fingerprint density at radius 1 is 1.07 bits per heavy atom. The Kier molecular flexibility index (Phi) is 5.70. The molecule has 2 aromatic carbocycles. The molecule has 30 heavy (non-hydrogen) atoms. The zero-order chi connectivity index (χ0) is 20.9. The molecule has 4 aromatic rings. The summed E-state index contributed by atoms with van der Waals surface area (Å²) in [6, 6.07) is 13.2. The Hall–Kier alpha value is -3.73. The molecule has 0 saturated heterocycles. The number of rotatable bonds is 7. The van der Waals surface area contributed by atoms with Gasteiger partial charge >= 0.3 is 0 Å². The van der Waals surface area contributed by atoms with Crippen molar-refractivity contribution in [3.8, 4) is 17.2 Å². The van der Waals surface area contributed by atoms with E-state index in [-0.39, 0.29) is 11.8 Å². The first-order valence-corrected chi connectivity index (χ1v) is 9.72. The van der Waals surface area contributed by atoms with E-state index in [1.165, 1.54) is 23.9 Å². The molecule has 0 unspecified atom stereocenters. The molecule has 0 saturated carbocycles. The molecule has 0 bridgehead atoms. The molecule has 11 heteroatoms. The van der Waals surface area contributed by atoms with E-state index >= 15 is 0 Å². The lowest BCUT2D eigenvalue weighted by Gasteiger charge is -2.10. The molecule has 152 valence electrons. The van der Waals surface area contributed by atoms with Crippen LogP contribution in [0, 0.1) is 5.82 Å². The highest BCUT2D eigenvalue weighted by atomic mass is 32.2. The van der Waals surface area contributed by atoms with Gasteiger partial charge in [-0.1, -0.05) is 23.9 Å². The van der Waals surface area contributed by atoms with Gasteiger partial charge in [0.1, 0.15) is 17.4 Å². The summed E-state index contributed by atoms with van der Waals surface area (Å²) in [7, 11) is 1.58. The van der Waals surface area contributed by atoms with E-state index in [0.717, 1.165) is 0 Å². The highest BCUT2D eigenvalue weighted by molar-refractivity contribution is 7.98. The molecular formula is C19H16FN7O2S. The lowest BCUT2D eigenvalue weighted by Crippen LogP contribution is -2.07. The maximum Gasteiger partial charge on any atom is 0.277 e. The third-order valence-electron chi connectivity index (χ3n) is 3.87. The van der Waals surface area contributed by atoms with Gasteiger partial charge < -0.3 is 20.2 Å². The Morgan fingerprint density at radius 2 is 1.87 bits per heavy atom. The van der Waals surface area contributed by atoms with Crippen molar-refractivity contribution in [3.05, 3.63) is 60.2 Å². The number of anilines is 3. The Morgan fingerprint density at radius 3 is 2.67 bits per heavy atom. The number of methoxy groups -OCH3 is 1. The maximum absolute atomic E-state index is 13.0. The van der Waals surface area contributed by atoms with Crippen LogP contribution < -0.4 is 15.8 Å². The van der Waals surface area contributed by atoms with Crippen LogP contribution in [-0.4, -0.2) is 32.3 Å². The van der Waals surface area contributed by atoms with Crippen molar-refractivity contribution in [2.75, 3.05) is 18.2 Å². The molecule has 9 nitrogen and oxygen atoms in total. The lowest BCUT2D eigenvalue weighted by atomic mass is 10.2. The minimum atomic E-state index is -0.335. The highest BCUT2D eigenvalue weighted by Crippen LogP contribution is 2.27. The van der Waals surface area contributed by atoms with Gasteiger partial charge in [0.2, 0.25) is 17.8 Å². The molecule has 0 aliphatic carbocycles. The Bertz CT molecular complexity index is 1150. The number of halogens is 1. The SMILES string of the molecule is COc1ccccc1Nc1nc(N)nc(CSc2nnc(-c3ccc(F)cc3)o2)n1. The van der Waals surface area contributed by atoms with Gasteiger partial charge in [-0.25, -0.2) is 4.39 Å². The molecular weight excluding hydrogens is 409 g/mol. The summed E-state index contributed by atoms with van der Waals surface area (Å²) >= 11 is 1.25. The van der Waals surface area contributed by atoms with Crippen LogP contribution in [0.25, 0.3) is 11.5 Å². The summed E-state index contributed by atoms with van der Waals surface area (Å²) < 4.78 is 24.0. The molecule has 0 aliphatic rings. The zero-order valence-electron chi connectivity index (χ0n) is 15.7. The summed E-state index contributed by atoms with van der Waals surface area (Å²) in [4.78, 5) is 12.6. The topological polar surface area (TPSA) is 125 Å². The molecule has 4 rings (SSSR count). The fourth-order valence-electron chi connectivity index (χ4n) is 2.53. The molecule has 0 amide bonds. The number of hydrogen-bond donors (Lipinski definition) is 2. The summed E-state index contributed by atoms with van der Waals surface area (Å²) in [6.07, 6.45) is 0. The minimum Gasteiger partial charge on any atom is -0.495 e. The van der Waals surface area contributed by atoms with Crippen molar-refractivity contribution in [1.82, 2.24) is 25.1 Å². The van der Waals surface area contributed by atoms with E-state index in [0.29, 0.717) is 45.6 Å².